The van der Waals surface area contributed by atoms with Crippen LogP contribution in [0.2, 0.25) is 0 Å². The van der Waals surface area contributed by atoms with E-state index in [1.165, 1.54) is 12.1 Å². The minimum absolute atomic E-state index is 0.192. The molecule has 1 aromatic carbocycles. The third kappa shape index (κ3) is 2.68. The van der Waals surface area contributed by atoms with Crippen LogP contribution in [0.4, 0.5) is 0 Å². The van der Waals surface area contributed by atoms with Crippen molar-refractivity contribution in [3.05, 3.63) is 35.9 Å². The maximum Gasteiger partial charge on any atom is 0.379 e. The highest BCUT2D eigenvalue weighted by molar-refractivity contribution is 6.37. The highest BCUT2D eigenvalue weighted by Crippen LogP contribution is 2.20. The van der Waals surface area contributed by atoms with Gasteiger partial charge in [0.15, 0.2) is 6.10 Å². The zero-order chi connectivity index (χ0) is 14.7. The van der Waals surface area contributed by atoms with Crippen molar-refractivity contribution < 1.29 is 34.1 Å². The first-order valence-corrected chi connectivity index (χ1v) is 5.84. The maximum absolute atomic E-state index is 11.8. The molecule has 0 bridgehead atoms. The summed E-state index contributed by atoms with van der Waals surface area (Å²) in [6.45, 7) is -0.732. The Bertz CT molecular complexity index is 525. The third-order valence-corrected chi connectivity index (χ3v) is 2.81. The summed E-state index contributed by atoms with van der Waals surface area (Å²) in [7, 11) is 0. The Balaban J connectivity index is 2.15. The van der Waals surface area contributed by atoms with Crippen molar-refractivity contribution in [2.24, 2.45) is 0 Å². The van der Waals surface area contributed by atoms with Crippen LogP contribution in [0.25, 0.3) is 0 Å². The summed E-state index contributed by atoms with van der Waals surface area (Å²) in [5.74, 6) is -3.09. The SMILES string of the molecule is O=C1O[C@H]([C@@H](O)CO)C(OC(=O)c2ccccc2)C1=O. The molecule has 20 heavy (non-hydrogen) atoms. The number of aliphatic hydroxyl groups excluding tert-OH is 2. The van der Waals surface area contributed by atoms with Gasteiger partial charge in [0, 0.05) is 0 Å². The van der Waals surface area contributed by atoms with Crippen LogP contribution in [0.3, 0.4) is 0 Å². The molecule has 0 aromatic heterocycles. The second kappa shape index (κ2) is 5.81. The van der Waals surface area contributed by atoms with Crippen molar-refractivity contribution in [3.8, 4) is 0 Å². The maximum atomic E-state index is 11.8. The lowest BCUT2D eigenvalue weighted by molar-refractivity contribution is -0.152. The summed E-state index contributed by atoms with van der Waals surface area (Å²) in [4.78, 5) is 34.6. The molecule has 1 unspecified atom stereocenters. The van der Waals surface area contributed by atoms with Crippen LogP contribution >= 0.6 is 0 Å². The van der Waals surface area contributed by atoms with E-state index in [0.717, 1.165) is 0 Å². The minimum atomic E-state index is -1.56. The smallest absolute Gasteiger partial charge is 0.379 e. The average Bonchev–Trinajstić information content (AvgIpc) is 2.75. The first-order chi connectivity index (χ1) is 9.54. The van der Waals surface area contributed by atoms with Gasteiger partial charge in [0.1, 0.15) is 6.10 Å². The number of esters is 2. The molecule has 0 saturated carbocycles. The number of rotatable bonds is 4. The van der Waals surface area contributed by atoms with Crippen molar-refractivity contribution in [1.82, 2.24) is 0 Å². The molecule has 1 aliphatic rings. The van der Waals surface area contributed by atoms with Crippen molar-refractivity contribution in [1.29, 1.82) is 0 Å². The van der Waals surface area contributed by atoms with Gasteiger partial charge in [-0.1, -0.05) is 18.2 Å². The van der Waals surface area contributed by atoms with E-state index in [0.29, 0.717) is 0 Å². The predicted molar refractivity (Wildman–Crippen MR) is 63.6 cm³/mol. The number of ketones is 1. The Morgan fingerprint density at radius 3 is 2.55 bits per heavy atom. The van der Waals surface area contributed by atoms with Crippen LogP contribution in [0, 0.1) is 0 Å². The lowest BCUT2D eigenvalue weighted by Gasteiger charge is -2.20. The molecular weight excluding hydrogens is 268 g/mol. The highest BCUT2D eigenvalue weighted by Gasteiger charge is 2.49. The van der Waals surface area contributed by atoms with Gasteiger partial charge < -0.3 is 19.7 Å². The zero-order valence-electron chi connectivity index (χ0n) is 10.3. The number of ether oxygens (including phenoxy) is 2. The molecule has 3 atom stereocenters. The van der Waals surface area contributed by atoms with E-state index >= 15 is 0 Å². The molecule has 0 spiro atoms. The number of hydrogen-bond donors (Lipinski definition) is 2. The Kier molecular flexibility index (Phi) is 4.11. The number of cyclic esters (lactones) is 1. The van der Waals surface area contributed by atoms with Gasteiger partial charge >= 0.3 is 11.9 Å². The summed E-state index contributed by atoms with van der Waals surface area (Å²) < 4.78 is 9.51. The highest BCUT2D eigenvalue weighted by atomic mass is 16.6. The van der Waals surface area contributed by atoms with Crippen LogP contribution in [0.5, 0.6) is 0 Å². The summed E-state index contributed by atoms with van der Waals surface area (Å²) in [6, 6.07) is 7.86. The molecule has 2 rings (SSSR count). The van der Waals surface area contributed by atoms with E-state index < -0.39 is 42.6 Å². The standard InChI is InChI=1S/C13H12O7/c14-6-8(15)10-11(9(16)13(18)19-10)20-12(17)7-4-2-1-3-5-7/h1-5,8,10-11,14-15H,6H2/t8-,10+,11?/m0/s1. The molecule has 1 fully saturated rings. The van der Waals surface area contributed by atoms with Crippen molar-refractivity contribution in [2.45, 2.75) is 18.3 Å². The minimum Gasteiger partial charge on any atom is -0.449 e. The zero-order valence-corrected chi connectivity index (χ0v) is 10.3. The molecule has 7 nitrogen and oxygen atoms in total. The number of Topliss-reactive ketones (excluding diaryl/α,β-unsaturated/α-hetero) is 1. The summed E-state index contributed by atoms with van der Waals surface area (Å²) in [5.41, 5.74) is 0.192. The Morgan fingerprint density at radius 2 is 1.95 bits per heavy atom. The normalized spacial score (nSPS) is 23.3. The Labute approximate surface area is 113 Å². The molecule has 1 aromatic rings. The van der Waals surface area contributed by atoms with Crippen LogP contribution in [-0.2, 0) is 19.1 Å². The van der Waals surface area contributed by atoms with Gasteiger partial charge in [-0.05, 0) is 12.1 Å². The van der Waals surface area contributed by atoms with Gasteiger partial charge in [-0.3, -0.25) is 4.79 Å². The van der Waals surface area contributed by atoms with E-state index in [4.69, 9.17) is 9.84 Å². The predicted octanol–water partition coefficient (Wildman–Crippen LogP) is -0.940. The van der Waals surface area contributed by atoms with E-state index in [1.807, 2.05) is 0 Å². The molecule has 106 valence electrons. The molecule has 1 heterocycles. The number of aliphatic hydroxyl groups is 2. The third-order valence-electron chi connectivity index (χ3n) is 2.81. The molecular formula is C13H12O7. The molecule has 1 saturated heterocycles. The van der Waals surface area contributed by atoms with Gasteiger partial charge in [-0.15, -0.1) is 0 Å². The molecule has 1 aliphatic heterocycles. The topological polar surface area (TPSA) is 110 Å². The van der Waals surface area contributed by atoms with Gasteiger partial charge in [0.2, 0.25) is 6.10 Å². The molecule has 2 N–H and O–H groups in total. The lowest BCUT2D eigenvalue weighted by atomic mass is 10.1. The molecule has 0 radical (unpaired) electrons. The monoisotopic (exact) mass is 280 g/mol. The average molecular weight is 280 g/mol. The van der Waals surface area contributed by atoms with Crippen LogP contribution in [-0.4, -0.2) is 52.9 Å². The molecule has 7 heteroatoms. The summed E-state index contributed by atoms with van der Waals surface area (Å²) in [5, 5.41) is 18.3. The van der Waals surface area contributed by atoms with Crippen molar-refractivity contribution in [3.63, 3.8) is 0 Å². The summed E-state index contributed by atoms with van der Waals surface area (Å²) >= 11 is 0. The van der Waals surface area contributed by atoms with E-state index in [1.54, 1.807) is 18.2 Å². The van der Waals surface area contributed by atoms with Crippen LogP contribution in [0.1, 0.15) is 10.4 Å². The molecule has 0 amide bonds. The lowest BCUT2D eigenvalue weighted by Crippen LogP contribution is -2.41. The first-order valence-electron chi connectivity index (χ1n) is 5.84. The quantitative estimate of drug-likeness (QED) is 0.541. The molecule has 0 aliphatic carbocycles. The Morgan fingerprint density at radius 1 is 1.30 bits per heavy atom. The van der Waals surface area contributed by atoms with Crippen molar-refractivity contribution >= 4 is 17.7 Å². The largest absolute Gasteiger partial charge is 0.449 e. The van der Waals surface area contributed by atoms with Gasteiger partial charge in [0.05, 0.1) is 12.2 Å². The van der Waals surface area contributed by atoms with Gasteiger partial charge in [0.25, 0.3) is 5.78 Å². The van der Waals surface area contributed by atoms with Crippen LogP contribution in [0.15, 0.2) is 30.3 Å². The number of carbonyl (C=O) groups excluding carboxylic acids is 3. The number of hydrogen-bond acceptors (Lipinski definition) is 7. The number of benzene rings is 1. The van der Waals surface area contributed by atoms with Crippen LogP contribution < -0.4 is 0 Å². The van der Waals surface area contributed by atoms with E-state index in [-0.39, 0.29) is 5.56 Å². The second-order valence-corrected chi connectivity index (χ2v) is 4.18. The van der Waals surface area contributed by atoms with E-state index in [9.17, 15) is 19.5 Å². The fraction of sp³-hybridized carbons (Fsp3) is 0.308. The van der Waals surface area contributed by atoms with Gasteiger partial charge in [-0.2, -0.15) is 0 Å². The Hall–Kier alpha value is -2.25. The second-order valence-electron chi connectivity index (χ2n) is 4.18. The van der Waals surface area contributed by atoms with Gasteiger partial charge in [-0.25, -0.2) is 9.59 Å². The van der Waals surface area contributed by atoms with E-state index in [2.05, 4.69) is 4.74 Å². The first kappa shape index (κ1) is 14.2. The number of carbonyl (C=O) groups is 3. The summed E-state index contributed by atoms with van der Waals surface area (Å²) in [6.07, 6.45) is -4.45. The van der Waals surface area contributed by atoms with Crippen molar-refractivity contribution in [2.75, 3.05) is 6.61 Å². The fourth-order valence-electron chi connectivity index (χ4n) is 1.77. The fourth-order valence-corrected chi connectivity index (χ4v) is 1.77.